The average Bonchev–Trinajstić information content (AvgIpc) is 2.18. The first-order valence-corrected chi connectivity index (χ1v) is 6.18. The first-order valence-electron chi connectivity index (χ1n) is 6.18. The zero-order valence-electron chi connectivity index (χ0n) is 11.3. The van der Waals surface area contributed by atoms with Crippen molar-refractivity contribution in [2.75, 3.05) is 13.1 Å². The molecule has 0 aliphatic carbocycles. The molecule has 2 N–H and O–H groups in total. The molecule has 0 aromatic rings. The summed E-state index contributed by atoms with van der Waals surface area (Å²) in [7, 11) is 0. The SMILES string of the molecule is CCCCN(CC(F)(F)F)C(=O)CCC(C)(C)N. The van der Waals surface area contributed by atoms with Crippen LogP contribution in [0.15, 0.2) is 0 Å². The Labute approximate surface area is 107 Å². The van der Waals surface area contributed by atoms with E-state index >= 15 is 0 Å². The van der Waals surface area contributed by atoms with Crippen molar-refractivity contribution >= 4 is 5.91 Å². The Bertz CT molecular complexity index is 259. The third-order valence-corrected chi connectivity index (χ3v) is 2.49. The molecule has 6 heteroatoms. The summed E-state index contributed by atoms with van der Waals surface area (Å²) in [6.07, 6.45) is -2.57. The molecule has 0 bridgehead atoms. The van der Waals surface area contributed by atoms with Gasteiger partial charge < -0.3 is 10.6 Å². The van der Waals surface area contributed by atoms with E-state index in [9.17, 15) is 18.0 Å². The summed E-state index contributed by atoms with van der Waals surface area (Å²) in [5.41, 5.74) is 5.18. The summed E-state index contributed by atoms with van der Waals surface area (Å²) in [6, 6.07) is 0. The lowest BCUT2D eigenvalue weighted by molar-refractivity contribution is -0.161. The number of alkyl halides is 3. The number of rotatable bonds is 7. The second kappa shape index (κ2) is 6.97. The van der Waals surface area contributed by atoms with Crippen LogP contribution in [0.25, 0.3) is 0 Å². The van der Waals surface area contributed by atoms with E-state index < -0.39 is 24.2 Å². The lowest BCUT2D eigenvalue weighted by Crippen LogP contribution is -2.41. The third-order valence-electron chi connectivity index (χ3n) is 2.49. The van der Waals surface area contributed by atoms with Crippen molar-refractivity contribution in [1.82, 2.24) is 4.90 Å². The number of unbranched alkanes of at least 4 members (excludes halogenated alkanes) is 1. The predicted octanol–water partition coefficient (Wildman–Crippen LogP) is 2.69. The average molecular weight is 268 g/mol. The Kier molecular flexibility index (Phi) is 6.67. The Hall–Kier alpha value is -0.780. The van der Waals surface area contributed by atoms with Gasteiger partial charge in [0.1, 0.15) is 6.54 Å². The fourth-order valence-corrected chi connectivity index (χ4v) is 1.44. The molecule has 0 aliphatic rings. The highest BCUT2D eigenvalue weighted by atomic mass is 19.4. The van der Waals surface area contributed by atoms with Crippen molar-refractivity contribution in [1.29, 1.82) is 0 Å². The minimum Gasteiger partial charge on any atom is -0.334 e. The molecule has 0 aliphatic heterocycles. The Balaban J connectivity index is 4.40. The molecule has 0 saturated heterocycles. The second-order valence-electron chi connectivity index (χ2n) is 5.27. The monoisotopic (exact) mass is 268 g/mol. The van der Waals surface area contributed by atoms with Gasteiger partial charge in [-0.2, -0.15) is 13.2 Å². The van der Waals surface area contributed by atoms with E-state index in [4.69, 9.17) is 5.73 Å². The normalized spacial score (nSPS) is 12.6. The van der Waals surface area contributed by atoms with Gasteiger partial charge in [0.05, 0.1) is 0 Å². The highest BCUT2D eigenvalue weighted by molar-refractivity contribution is 5.76. The van der Waals surface area contributed by atoms with Crippen LogP contribution in [0.5, 0.6) is 0 Å². The maximum absolute atomic E-state index is 12.3. The van der Waals surface area contributed by atoms with Gasteiger partial charge in [-0.25, -0.2) is 0 Å². The molecule has 0 rings (SSSR count). The molecule has 1 amide bonds. The summed E-state index contributed by atoms with van der Waals surface area (Å²) in [6.45, 7) is 4.36. The highest BCUT2D eigenvalue weighted by Gasteiger charge is 2.32. The lowest BCUT2D eigenvalue weighted by atomic mass is 9.99. The summed E-state index contributed by atoms with van der Waals surface area (Å²) >= 11 is 0. The smallest absolute Gasteiger partial charge is 0.334 e. The number of hydrogen-bond donors (Lipinski definition) is 1. The molecule has 0 saturated carbocycles. The van der Waals surface area contributed by atoms with Gasteiger partial charge in [0.25, 0.3) is 0 Å². The molecule has 3 nitrogen and oxygen atoms in total. The summed E-state index contributed by atoms with van der Waals surface area (Å²) < 4.78 is 37.0. The largest absolute Gasteiger partial charge is 0.406 e. The summed E-state index contributed by atoms with van der Waals surface area (Å²) in [5, 5.41) is 0. The molecular weight excluding hydrogens is 245 g/mol. The van der Waals surface area contributed by atoms with E-state index in [-0.39, 0.29) is 13.0 Å². The van der Waals surface area contributed by atoms with E-state index in [1.54, 1.807) is 13.8 Å². The number of carbonyl (C=O) groups is 1. The van der Waals surface area contributed by atoms with Gasteiger partial charge in [-0.1, -0.05) is 13.3 Å². The quantitative estimate of drug-likeness (QED) is 0.771. The molecule has 0 spiro atoms. The number of nitrogens with two attached hydrogens (primary N) is 1. The van der Waals surface area contributed by atoms with Crippen LogP contribution in [-0.4, -0.2) is 35.6 Å². The van der Waals surface area contributed by atoms with Gasteiger partial charge >= 0.3 is 6.18 Å². The maximum Gasteiger partial charge on any atom is 0.406 e. The van der Waals surface area contributed by atoms with Crippen LogP contribution < -0.4 is 5.73 Å². The molecule has 0 radical (unpaired) electrons. The highest BCUT2D eigenvalue weighted by Crippen LogP contribution is 2.18. The number of halogens is 3. The molecule has 0 heterocycles. The van der Waals surface area contributed by atoms with Crippen molar-refractivity contribution < 1.29 is 18.0 Å². The molecular formula is C12H23F3N2O. The second-order valence-corrected chi connectivity index (χ2v) is 5.27. The van der Waals surface area contributed by atoms with Crippen LogP contribution in [0.2, 0.25) is 0 Å². The van der Waals surface area contributed by atoms with Crippen LogP contribution >= 0.6 is 0 Å². The lowest BCUT2D eigenvalue weighted by Gasteiger charge is -2.25. The Morgan fingerprint density at radius 2 is 1.83 bits per heavy atom. The van der Waals surface area contributed by atoms with Crippen molar-refractivity contribution in [3.8, 4) is 0 Å². The van der Waals surface area contributed by atoms with Crippen LogP contribution in [0.1, 0.15) is 46.5 Å². The van der Waals surface area contributed by atoms with Gasteiger partial charge in [0, 0.05) is 18.5 Å². The first-order chi connectivity index (χ1) is 8.05. The van der Waals surface area contributed by atoms with Gasteiger partial charge in [-0.05, 0) is 26.7 Å². The van der Waals surface area contributed by atoms with E-state index in [0.717, 1.165) is 11.3 Å². The number of hydrogen-bond acceptors (Lipinski definition) is 2. The van der Waals surface area contributed by atoms with E-state index in [1.807, 2.05) is 6.92 Å². The molecule has 0 fully saturated rings. The van der Waals surface area contributed by atoms with Crippen molar-refractivity contribution in [3.05, 3.63) is 0 Å². The van der Waals surface area contributed by atoms with Crippen molar-refractivity contribution in [3.63, 3.8) is 0 Å². The number of amides is 1. The van der Waals surface area contributed by atoms with E-state index in [0.29, 0.717) is 12.8 Å². The van der Waals surface area contributed by atoms with Crippen LogP contribution in [-0.2, 0) is 4.79 Å². The summed E-state index contributed by atoms with van der Waals surface area (Å²) in [5.74, 6) is -0.473. The van der Waals surface area contributed by atoms with Gasteiger partial charge in [-0.3, -0.25) is 4.79 Å². The van der Waals surface area contributed by atoms with Crippen molar-refractivity contribution in [2.45, 2.75) is 58.2 Å². The standard InChI is InChI=1S/C12H23F3N2O/c1-4-5-8-17(9-12(13,14)15)10(18)6-7-11(2,3)16/h4-9,16H2,1-3H3. The van der Waals surface area contributed by atoms with Crippen LogP contribution in [0.4, 0.5) is 13.2 Å². The molecule has 0 atom stereocenters. The topological polar surface area (TPSA) is 46.3 Å². The number of nitrogens with zero attached hydrogens (tertiary/aromatic N) is 1. The molecule has 0 unspecified atom stereocenters. The Morgan fingerprint density at radius 3 is 2.22 bits per heavy atom. The molecule has 18 heavy (non-hydrogen) atoms. The van der Waals surface area contributed by atoms with E-state index in [1.165, 1.54) is 0 Å². The fourth-order valence-electron chi connectivity index (χ4n) is 1.44. The first kappa shape index (κ1) is 17.2. The zero-order chi connectivity index (χ0) is 14.4. The maximum atomic E-state index is 12.3. The fraction of sp³-hybridized carbons (Fsp3) is 0.917. The summed E-state index contributed by atoms with van der Waals surface area (Å²) in [4.78, 5) is 12.6. The van der Waals surface area contributed by atoms with Crippen molar-refractivity contribution in [2.24, 2.45) is 5.73 Å². The number of carbonyl (C=O) groups excluding carboxylic acids is 1. The van der Waals surface area contributed by atoms with Crippen LogP contribution in [0.3, 0.4) is 0 Å². The molecule has 108 valence electrons. The van der Waals surface area contributed by atoms with Gasteiger partial charge in [0.15, 0.2) is 0 Å². The predicted molar refractivity (Wildman–Crippen MR) is 65.0 cm³/mol. The Morgan fingerprint density at radius 1 is 1.28 bits per heavy atom. The van der Waals surface area contributed by atoms with Gasteiger partial charge in [0.2, 0.25) is 5.91 Å². The molecule has 0 aromatic heterocycles. The minimum atomic E-state index is -4.35. The van der Waals surface area contributed by atoms with Crippen LogP contribution in [0, 0.1) is 0 Å². The van der Waals surface area contributed by atoms with E-state index in [2.05, 4.69) is 0 Å². The third kappa shape index (κ3) is 9.27. The zero-order valence-corrected chi connectivity index (χ0v) is 11.3. The molecule has 0 aromatic carbocycles. The minimum absolute atomic E-state index is 0.0588. The van der Waals surface area contributed by atoms with Gasteiger partial charge in [-0.15, -0.1) is 0 Å².